The highest BCUT2D eigenvalue weighted by Gasteiger charge is 2.30. The van der Waals surface area contributed by atoms with Crippen molar-refractivity contribution >= 4 is 28.7 Å². The predicted octanol–water partition coefficient (Wildman–Crippen LogP) is 4.61. The topological polar surface area (TPSA) is 46.9 Å². The second-order valence-corrected chi connectivity index (χ2v) is 7.91. The molecular weight excluding hydrogens is 344 g/mol. The van der Waals surface area contributed by atoms with Gasteiger partial charge >= 0.3 is 6.55 Å². The molecule has 0 saturated heterocycles. The molecule has 3 rings (SSSR count). The Bertz CT molecular complexity index is 741. The van der Waals surface area contributed by atoms with Gasteiger partial charge in [-0.2, -0.15) is 8.78 Å². The molecule has 0 aliphatic heterocycles. The van der Waals surface area contributed by atoms with Crippen LogP contribution < -0.4 is 5.32 Å². The van der Waals surface area contributed by atoms with Crippen LogP contribution in [0.4, 0.5) is 8.78 Å². The van der Waals surface area contributed by atoms with Gasteiger partial charge in [-0.05, 0) is 30.9 Å². The van der Waals surface area contributed by atoms with Gasteiger partial charge in [-0.15, -0.1) is 0 Å². The van der Waals surface area contributed by atoms with Crippen LogP contribution in [0.25, 0.3) is 11.0 Å². The van der Waals surface area contributed by atoms with Gasteiger partial charge in [0.05, 0.1) is 16.3 Å². The number of hydrogen-bond donors (Lipinski definition) is 1. The van der Waals surface area contributed by atoms with Crippen LogP contribution in [0.3, 0.4) is 0 Å². The largest absolute Gasteiger partial charge is 0.352 e. The molecule has 2 aromatic rings. The first kappa shape index (κ1) is 18.2. The lowest BCUT2D eigenvalue weighted by molar-refractivity contribution is -0.121. The standard InChI is InChI=1S/C18H23F2N3OS/c1-11(2)15(16(24)21-12-7-3-4-8-12)25-18-22-13-9-5-6-10-14(13)23(18)17(19)20/h5-6,9-12,15,17H,3-4,7-8H2,1-2H3,(H,21,24). The van der Waals surface area contributed by atoms with Crippen LogP contribution in [0.1, 0.15) is 46.1 Å². The molecule has 4 nitrogen and oxygen atoms in total. The summed E-state index contributed by atoms with van der Waals surface area (Å²) in [6.45, 7) is 1.17. The van der Waals surface area contributed by atoms with E-state index in [1.165, 1.54) is 0 Å². The Balaban J connectivity index is 1.85. The number of nitrogens with one attached hydrogen (secondary N) is 1. The van der Waals surface area contributed by atoms with Crippen LogP contribution >= 0.6 is 11.8 Å². The van der Waals surface area contributed by atoms with Crippen molar-refractivity contribution in [3.05, 3.63) is 24.3 Å². The third kappa shape index (κ3) is 3.97. The molecular formula is C18H23F2N3OS. The first-order valence-corrected chi connectivity index (χ1v) is 9.57. The van der Waals surface area contributed by atoms with Crippen molar-refractivity contribution in [2.75, 3.05) is 0 Å². The first-order valence-electron chi connectivity index (χ1n) is 8.69. The SMILES string of the molecule is CC(C)C(Sc1nc2ccccc2n1C(F)F)C(=O)NC1CCCC1. The van der Waals surface area contributed by atoms with Crippen LogP contribution in [-0.4, -0.2) is 26.8 Å². The molecule has 1 heterocycles. The van der Waals surface area contributed by atoms with Crippen molar-refractivity contribution in [2.45, 2.75) is 62.5 Å². The van der Waals surface area contributed by atoms with Crippen LogP contribution in [0.15, 0.2) is 29.4 Å². The van der Waals surface area contributed by atoms with Gasteiger partial charge < -0.3 is 5.32 Å². The number of hydrogen-bond acceptors (Lipinski definition) is 3. The fourth-order valence-electron chi connectivity index (χ4n) is 3.25. The summed E-state index contributed by atoms with van der Waals surface area (Å²) < 4.78 is 28.1. The number of para-hydroxylation sites is 2. The van der Waals surface area contributed by atoms with E-state index >= 15 is 0 Å². The molecule has 1 unspecified atom stereocenters. The van der Waals surface area contributed by atoms with E-state index in [9.17, 15) is 13.6 Å². The third-order valence-electron chi connectivity index (χ3n) is 4.56. The molecule has 1 amide bonds. The number of nitrogens with zero attached hydrogens (tertiary/aromatic N) is 2. The van der Waals surface area contributed by atoms with Crippen LogP contribution in [0, 0.1) is 5.92 Å². The van der Waals surface area contributed by atoms with Crippen LogP contribution in [0.5, 0.6) is 0 Å². The summed E-state index contributed by atoms with van der Waals surface area (Å²) in [5.74, 6) is -0.0721. The monoisotopic (exact) mass is 367 g/mol. The Morgan fingerprint density at radius 3 is 2.60 bits per heavy atom. The minimum atomic E-state index is -2.69. The number of amides is 1. The van der Waals surface area contributed by atoms with Crippen molar-refractivity contribution < 1.29 is 13.6 Å². The number of benzene rings is 1. The smallest absolute Gasteiger partial charge is 0.321 e. The summed E-state index contributed by atoms with van der Waals surface area (Å²) in [6, 6.07) is 7.03. The van der Waals surface area contributed by atoms with Crippen molar-refractivity contribution in [1.29, 1.82) is 0 Å². The number of fused-ring (bicyclic) bond motifs is 1. The zero-order chi connectivity index (χ0) is 18.0. The Morgan fingerprint density at radius 1 is 1.28 bits per heavy atom. The van der Waals surface area contributed by atoms with Gasteiger partial charge in [0, 0.05) is 6.04 Å². The normalized spacial score (nSPS) is 16.9. The predicted molar refractivity (Wildman–Crippen MR) is 95.9 cm³/mol. The fraction of sp³-hybridized carbons (Fsp3) is 0.556. The molecule has 1 aromatic heterocycles. The van der Waals surface area contributed by atoms with E-state index in [4.69, 9.17) is 0 Å². The fourth-order valence-corrected chi connectivity index (χ4v) is 4.37. The van der Waals surface area contributed by atoms with Crippen molar-refractivity contribution in [1.82, 2.24) is 14.9 Å². The van der Waals surface area contributed by atoms with E-state index in [0.29, 0.717) is 11.0 Å². The molecule has 0 radical (unpaired) electrons. The van der Waals surface area contributed by atoms with Crippen molar-refractivity contribution in [3.63, 3.8) is 0 Å². The molecule has 0 spiro atoms. The number of rotatable bonds is 6. The number of halogens is 2. The molecule has 1 N–H and O–H groups in total. The molecule has 1 aromatic carbocycles. The molecule has 25 heavy (non-hydrogen) atoms. The highest BCUT2D eigenvalue weighted by molar-refractivity contribution is 8.00. The Hall–Kier alpha value is -1.63. The minimum absolute atomic E-state index is 0.0114. The summed E-state index contributed by atoms with van der Waals surface area (Å²) in [5.41, 5.74) is 0.905. The maximum Gasteiger partial charge on any atom is 0.321 e. The Morgan fingerprint density at radius 2 is 1.96 bits per heavy atom. The average molecular weight is 367 g/mol. The summed E-state index contributed by atoms with van der Waals surface area (Å²) in [4.78, 5) is 17.0. The van der Waals surface area contributed by atoms with E-state index in [1.54, 1.807) is 24.3 Å². The van der Waals surface area contributed by atoms with E-state index in [0.717, 1.165) is 42.0 Å². The highest BCUT2D eigenvalue weighted by atomic mass is 32.2. The molecule has 136 valence electrons. The summed E-state index contributed by atoms with van der Waals surface area (Å²) in [6.07, 6.45) is 4.25. The van der Waals surface area contributed by atoms with Crippen LogP contribution in [0.2, 0.25) is 0 Å². The van der Waals surface area contributed by atoms with Gasteiger partial charge in [0.2, 0.25) is 5.91 Å². The number of carbonyl (C=O) groups is 1. The van der Waals surface area contributed by atoms with E-state index in [1.807, 2.05) is 13.8 Å². The van der Waals surface area contributed by atoms with Crippen LogP contribution in [-0.2, 0) is 4.79 Å². The lowest BCUT2D eigenvalue weighted by atomic mass is 10.1. The van der Waals surface area contributed by atoms with Gasteiger partial charge in [0.25, 0.3) is 0 Å². The molecule has 1 aliphatic carbocycles. The quantitative estimate of drug-likeness (QED) is 0.759. The highest BCUT2D eigenvalue weighted by Crippen LogP contribution is 2.34. The molecule has 1 aliphatic rings. The molecule has 1 fully saturated rings. The summed E-state index contributed by atoms with van der Waals surface area (Å²) in [5, 5.41) is 2.82. The van der Waals surface area contributed by atoms with Gasteiger partial charge in [0.15, 0.2) is 5.16 Å². The summed E-state index contributed by atoms with van der Waals surface area (Å²) in [7, 11) is 0. The number of alkyl halides is 2. The third-order valence-corrected chi connectivity index (χ3v) is 6.07. The zero-order valence-electron chi connectivity index (χ0n) is 14.4. The van der Waals surface area contributed by atoms with Crippen molar-refractivity contribution in [2.24, 2.45) is 5.92 Å². The van der Waals surface area contributed by atoms with E-state index in [2.05, 4.69) is 10.3 Å². The van der Waals surface area contributed by atoms with E-state index < -0.39 is 11.8 Å². The lowest BCUT2D eigenvalue weighted by Gasteiger charge is -2.22. The van der Waals surface area contributed by atoms with Gasteiger partial charge in [0.1, 0.15) is 0 Å². The number of thioether (sulfide) groups is 1. The second-order valence-electron chi connectivity index (χ2n) is 6.80. The summed E-state index contributed by atoms with van der Waals surface area (Å²) >= 11 is 1.13. The maximum atomic E-state index is 13.6. The van der Waals surface area contributed by atoms with E-state index in [-0.39, 0.29) is 23.0 Å². The molecule has 7 heteroatoms. The van der Waals surface area contributed by atoms with Crippen molar-refractivity contribution in [3.8, 4) is 0 Å². The molecule has 0 bridgehead atoms. The Kier molecular flexibility index (Phi) is 5.61. The number of imidazole rings is 1. The average Bonchev–Trinajstić information content (AvgIpc) is 3.18. The molecule has 1 atom stereocenters. The zero-order valence-corrected chi connectivity index (χ0v) is 15.2. The maximum absolute atomic E-state index is 13.6. The van der Waals surface area contributed by atoms with Gasteiger partial charge in [-0.3, -0.25) is 9.36 Å². The lowest BCUT2D eigenvalue weighted by Crippen LogP contribution is -2.41. The minimum Gasteiger partial charge on any atom is -0.352 e. The second kappa shape index (κ2) is 7.72. The first-order chi connectivity index (χ1) is 12.0. The number of aromatic nitrogens is 2. The molecule has 1 saturated carbocycles. The van der Waals surface area contributed by atoms with Gasteiger partial charge in [-0.1, -0.05) is 50.6 Å². The Labute approximate surface area is 150 Å². The number of carbonyl (C=O) groups excluding carboxylic acids is 1. The van der Waals surface area contributed by atoms with Gasteiger partial charge in [-0.25, -0.2) is 4.98 Å².